The molecule has 2 unspecified atom stereocenters. The monoisotopic (exact) mass is 647 g/mol. The molecule has 3 aliphatic rings. The minimum Gasteiger partial charge on any atom is -0.371 e. The van der Waals surface area contributed by atoms with Gasteiger partial charge in [0.1, 0.15) is 5.37 Å². The molecule has 2 amide bonds. The van der Waals surface area contributed by atoms with Gasteiger partial charge in [0, 0.05) is 68.7 Å². The number of carbonyl (C=O) groups excluding carboxylic acids is 2. The summed E-state index contributed by atoms with van der Waals surface area (Å²) >= 11 is 1.65. The second kappa shape index (κ2) is 13.4. The fourth-order valence-electron chi connectivity index (χ4n) is 7.24. The Hall–Kier alpha value is -3.31. The van der Waals surface area contributed by atoms with Crippen LogP contribution >= 0.6 is 11.8 Å². The maximum Gasteiger partial charge on any atom is 0.327 e. The number of H-pyrrole nitrogens is 1. The number of pyridine rings is 1. The predicted molar refractivity (Wildman–Crippen MR) is 185 cm³/mol. The molecule has 2 aromatic heterocycles. The fraction of sp³-hybridized carbons (Fsp3) is 0.600. The number of nitrogens with one attached hydrogen (secondary N) is 1. The number of likely N-dealkylation sites (tertiary alicyclic amines) is 1. The van der Waals surface area contributed by atoms with Crippen molar-refractivity contribution in [1.82, 2.24) is 29.2 Å². The van der Waals surface area contributed by atoms with Crippen molar-refractivity contribution < 1.29 is 9.59 Å². The molecule has 3 aliphatic heterocycles. The number of anilines is 1. The average Bonchev–Trinajstić information content (AvgIpc) is 3.54. The number of aromatic nitrogens is 3. The van der Waals surface area contributed by atoms with Crippen LogP contribution in [0.25, 0.3) is 11.2 Å². The van der Waals surface area contributed by atoms with E-state index in [1.54, 1.807) is 22.5 Å². The molecule has 3 saturated heterocycles. The molecule has 10 nitrogen and oxygen atoms in total. The summed E-state index contributed by atoms with van der Waals surface area (Å²) in [6.45, 7) is 10.4. The zero-order valence-electron chi connectivity index (χ0n) is 27.9. The van der Waals surface area contributed by atoms with Crippen molar-refractivity contribution in [3.05, 3.63) is 58.6 Å². The number of carbonyl (C=O) groups is 2. The SMILES string of the molecule is CN(C)C1CCN(c2ccccc2C2SC(CC(=O)N3CCC(n4c(=O)[nH]c5ncccc54)CC3)C(=O)N2CCC(C)(C)C)CC1. The normalized spacial score (nSPS) is 22.0. The van der Waals surface area contributed by atoms with Crippen LogP contribution in [0.1, 0.15) is 76.3 Å². The zero-order chi connectivity index (χ0) is 32.6. The number of hydrogen-bond acceptors (Lipinski definition) is 7. The largest absolute Gasteiger partial charge is 0.371 e. The van der Waals surface area contributed by atoms with Gasteiger partial charge < -0.3 is 19.6 Å². The van der Waals surface area contributed by atoms with Crippen molar-refractivity contribution in [2.75, 3.05) is 51.7 Å². The molecule has 3 fully saturated rings. The van der Waals surface area contributed by atoms with Crippen molar-refractivity contribution in [3.8, 4) is 0 Å². The van der Waals surface area contributed by atoms with Crippen LogP contribution in [-0.4, -0.2) is 99.2 Å². The van der Waals surface area contributed by atoms with Crippen LogP contribution in [-0.2, 0) is 9.59 Å². The molecule has 46 heavy (non-hydrogen) atoms. The third-order valence-corrected chi connectivity index (χ3v) is 11.5. The number of benzene rings is 1. The number of nitrogens with zero attached hydrogens (tertiary/aromatic N) is 6. The van der Waals surface area contributed by atoms with Crippen LogP contribution in [0.4, 0.5) is 5.69 Å². The Morgan fingerprint density at radius 3 is 2.41 bits per heavy atom. The van der Waals surface area contributed by atoms with Gasteiger partial charge in [-0.2, -0.15) is 0 Å². The molecule has 0 saturated carbocycles. The third kappa shape index (κ3) is 6.86. The molecule has 11 heteroatoms. The first kappa shape index (κ1) is 32.6. The highest BCUT2D eigenvalue weighted by molar-refractivity contribution is 8.01. The summed E-state index contributed by atoms with van der Waals surface area (Å²) in [5.74, 6) is 0.0918. The van der Waals surface area contributed by atoms with Crippen LogP contribution in [0.3, 0.4) is 0 Å². The van der Waals surface area contributed by atoms with Crippen molar-refractivity contribution in [3.63, 3.8) is 0 Å². The Morgan fingerprint density at radius 2 is 1.72 bits per heavy atom. The van der Waals surface area contributed by atoms with Gasteiger partial charge >= 0.3 is 5.69 Å². The summed E-state index contributed by atoms with van der Waals surface area (Å²) in [6.07, 6.45) is 6.38. The highest BCUT2D eigenvalue weighted by atomic mass is 32.2. The number of hydrogen-bond donors (Lipinski definition) is 1. The Bertz CT molecular complexity index is 1600. The third-order valence-electron chi connectivity index (χ3n) is 10.0. The van der Waals surface area contributed by atoms with E-state index in [-0.39, 0.29) is 40.8 Å². The molecule has 1 N–H and O–H groups in total. The van der Waals surface area contributed by atoms with Crippen LogP contribution in [0.2, 0.25) is 0 Å². The minimum absolute atomic E-state index is 0.00792. The van der Waals surface area contributed by atoms with E-state index >= 15 is 0 Å². The van der Waals surface area contributed by atoms with E-state index < -0.39 is 5.25 Å². The molecule has 0 bridgehead atoms. The molecule has 1 aromatic carbocycles. The van der Waals surface area contributed by atoms with Gasteiger partial charge in [-0.05, 0) is 69.8 Å². The van der Waals surface area contributed by atoms with E-state index in [0.29, 0.717) is 44.2 Å². The number of fused-ring (bicyclic) bond motifs is 1. The molecule has 2 atom stereocenters. The fourth-order valence-corrected chi connectivity index (χ4v) is 8.74. The molecular weight excluding hydrogens is 598 g/mol. The van der Waals surface area contributed by atoms with Crippen LogP contribution < -0.4 is 10.6 Å². The van der Waals surface area contributed by atoms with Gasteiger partial charge in [-0.1, -0.05) is 39.0 Å². The minimum atomic E-state index is -0.412. The van der Waals surface area contributed by atoms with E-state index in [0.717, 1.165) is 37.9 Å². The predicted octanol–water partition coefficient (Wildman–Crippen LogP) is 4.89. The number of aromatic amines is 1. The lowest BCUT2D eigenvalue weighted by atomic mass is 9.92. The Balaban J connectivity index is 1.15. The number of amides is 2. The van der Waals surface area contributed by atoms with Gasteiger partial charge in [0.05, 0.1) is 10.8 Å². The highest BCUT2D eigenvalue weighted by Gasteiger charge is 2.44. The lowest BCUT2D eigenvalue weighted by molar-refractivity contribution is -0.136. The Morgan fingerprint density at radius 1 is 1.00 bits per heavy atom. The van der Waals surface area contributed by atoms with E-state index in [1.165, 1.54) is 11.3 Å². The average molecular weight is 648 g/mol. The Kier molecular flexibility index (Phi) is 9.53. The number of imidazole rings is 1. The summed E-state index contributed by atoms with van der Waals surface area (Å²) in [6, 6.07) is 12.9. The van der Waals surface area contributed by atoms with Crippen molar-refractivity contribution in [2.45, 2.75) is 82.0 Å². The Labute approximate surface area is 276 Å². The number of para-hydroxylation sites is 1. The van der Waals surface area contributed by atoms with E-state index in [4.69, 9.17) is 0 Å². The lowest BCUT2D eigenvalue weighted by Gasteiger charge is -2.38. The molecular formula is C35H49N7O3S. The molecule has 0 aliphatic carbocycles. The number of rotatable bonds is 8. The van der Waals surface area contributed by atoms with Crippen molar-refractivity contribution in [2.24, 2.45) is 5.41 Å². The summed E-state index contributed by atoms with van der Waals surface area (Å²) in [7, 11) is 4.32. The smallest absolute Gasteiger partial charge is 0.327 e. The maximum atomic E-state index is 14.1. The molecule has 0 radical (unpaired) electrons. The van der Waals surface area contributed by atoms with E-state index in [9.17, 15) is 14.4 Å². The molecule has 0 spiro atoms. The summed E-state index contributed by atoms with van der Waals surface area (Å²) < 4.78 is 1.79. The second-order valence-corrected chi connectivity index (χ2v) is 15.8. The number of thioether (sulfide) groups is 1. The van der Waals surface area contributed by atoms with Gasteiger partial charge in [-0.3, -0.25) is 19.1 Å². The van der Waals surface area contributed by atoms with Crippen molar-refractivity contribution in [1.29, 1.82) is 0 Å². The van der Waals surface area contributed by atoms with Gasteiger partial charge in [-0.25, -0.2) is 9.78 Å². The zero-order valence-corrected chi connectivity index (χ0v) is 28.8. The first-order valence-corrected chi connectivity index (χ1v) is 17.7. The number of piperidine rings is 2. The summed E-state index contributed by atoms with van der Waals surface area (Å²) in [4.78, 5) is 56.3. The van der Waals surface area contributed by atoms with E-state index in [2.05, 4.69) is 78.9 Å². The first-order chi connectivity index (χ1) is 22.0. The molecule has 5 heterocycles. The van der Waals surface area contributed by atoms with Gasteiger partial charge in [0.2, 0.25) is 11.8 Å². The maximum absolute atomic E-state index is 14.1. The quantitative estimate of drug-likeness (QED) is 0.372. The summed E-state index contributed by atoms with van der Waals surface area (Å²) in [5, 5.41) is -0.534. The summed E-state index contributed by atoms with van der Waals surface area (Å²) in [5.41, 5.74) is 3.71. The van der Waals surface area contributed by atoms with E-state index in [1.807, 2.05) is 21.9 Å². The van der Waals surface area contributed by atoms with Gasteiger partial charge in [-0.15, -0.1) is 11.8 Å². The second-order valence-electron chi connectivity index (χ2n) is 14.5. The topological polar surface area (TPSA) is 97.8 Å². The van der Waals surface area contributed by atoms with Crippen LogP contribution in [0.15, 0.2) is 47.4 Å². The van der Waals surface area contributed by atoms with Gasteiger partial charge in [0.15, 0.2) is 5.65 Å². The van der Waals surface area contributed by atoms with Crippen LogP contribution in [0, 0.1) is 5.41 Å². The van der Waals surface area contributed by atoms with Crippen LogP contribution in [0.5, 0.6) is 0 Å². The van der Waals surface area contributed by atoms with Crippen molar-refractivity contribution >= 4 is 40.4 Å². The molecule has 248 valence electrons. The first-order valence-electron chi connectivity index (χ1n) is 16.8. The molecule has 6 rings (SSSR count). The standard InChI is InChI=1S/C35H49N7O3S/c1-35(2,3)16-22-41-32(44)29(46-33(41)26-9-6-7-10-27(26)39-18-12-24(13-19-39)38(4)5)23-30(43)40-20-14-25(15-21-40)42-28-11-8-17-36-31(28)37-34(42)45/h6-11,17,24-25,29,33H,12-16,18-23H2,1-5H3,(H,36,37,45). The van der Waals surface area contributed by atoms with Gasteiger partial charge in [0.25, 0.3) is 0 Å². The highest BCUT2D eigenvalue weighted by Crippen LogP contribution is 2.48. The lowest BCUT2D eigenvalue weighted by Crippen LogP contribution is -2.43. The molecule has 3 aromatic rings.